The normalized spacial score (nSPS) is 10.6. The number of nitrogens with zero attached hydrogens (tertiary/aromatic N) is 2. The lowest BCUT2D eigenvalue weighted by molar-refractivity contribution is 0.102. The third-order valence-corrected chi connectivity index (χ3v) is 6.50. The Bertz CT molecular complexity index is 1540. The van der Waals surface area contributed by atoms with Crippen LogP contribution < -0.4 is 10.1 Å². The van der Waals surface area contributed by atoms with Crippen LogP contribution in [-0.2, 0) is 0 Å². The van der Waals surface area contributed by atoms with Crippen molar-refractivity contribution in [1.82, 2.24) is 4.98 Å². The molecule has 1 N–H and O–H groups in total. The summed E-state index contributed by atoms with van der Waals surface area (Å²) in [6.45, 7) is 0. The third kappa shape index (κ3) is 3.90. The third-order valence-electron chi connectivity index (χ3n) is 5.51. The van der Waals surface area contributed by atoms with Gasteiger partial charge in [0.05, 0.1) is 24.1 Å². The number of thiophene rings is 1. The van der Waals surface area contributed by atoms with Gasteiger partial charge in [-0.15, -0.1) is 11.3 Å². The molecule has 5 nitrogen and oxygen atoms in total. The van der Waals surface area contributed by atoms with Crippen LogP contribution in [0.1, 0.15) is 15.2 Å². The van der Waals surface area contributed by atoms with E-state index in [0.717, 1.165) is 27.8 Å². The highest BCUT2D eigenvalue weighted by Gasteiger charge is 2.22. The van der Waals surface area contributed by atoms with Crippen molar-refractivity contribution in [2.24, 2.45) is 0 Å². The molecule has 2 heterocycles. The zero-order chi connectivity index (χ0) is 23.5. The van der Waals surface area contributed by atoms with E-state index in [-0.39, 0.29) is 5.91 Å². The van der Waals surface area contributed by atoms with Gasteiger partial charge >= 0.3 is 0 Å². The van der Waals surface area contributed by atoms with Crippen LogP contribution in [-0.4, -0.2) is 18.0 Å². The molecule has 0 bridgehead atoms. The Balaban J connectivity index is 1.73. The van der Waals surface area contributed by atoms with E-state index in [1.165, 1.54) is 18.4 Å². The van der Waals surface area contributed by atoms with Gasteiger partial charge in [-0.3, -0.25) is 4.79 Å². The van der Waals surface area contributed by atoms with Crippen LogP contribution >= 0.6 is 11.3 Å². The SMILES string of the molecule is COc1ccccc1C(=O)Nc1c(C#N)sc2nc(-c3ccccc3)cc(-c3ccccc3)c12. The van der Waals surface area contributed by atoms with Gasteiger partial charge in [-0.25, -0.2) is 4.98 Å². The average Bonchev–Trinajstić information content (AvgIpc) is 3.26. The van der Waals surface area contributed by atoms with Gasteiger partial charge in [0.25, 0.3) is 5.91 Å². The Hall–Kier alpha value is -4.47. The number of nitriles is 1. The Kier molecular flexibility index (Phi) is 5.77. The number of hydrogen-bond donors (Lipinski definition) is 1. The molecule has 0 atom stereocenters. The second-order valence-electron chi connectivity index (χ2n) is 7.54. The first-order valence-electron chi connectivity index (χ1n) is 10.6. The van der Waals surface area contributed by atoms with Gasteiger partial charge < -0.3 is 10.1 Å². The predicted octanol–water partition coefficient (Wildman–Crippen LogP) is 6.76. The van der Waals surface area contributed by atoms with E-state index in [1.54, 1.807) is 24.3 Å². The van der Waals surface area contributed by atoms with Crippen LogP contribution in [0.5, 0.6) is 5.75 Å². The lowest BCUT2D eigenvalue weighted by Crippen LogP contribution is -2.13. The van der Waals surface area contributed by atoms with E-state index in [9.17, 15) is 10.1 Å². The van der Waals surface area contributed by atoms with Gasteiger partial charge in [-0.1, -0.05) is 72.8 Å². The van der Waals surface area contributed by atoms with Crippen LogP contribution in [0.15, 0.2) is 91.0 Å². The number of ether oxygens (including phenoxy) is 1. The fourth-order valence-corrected chi connectivity index (χ4v) is 4.86. The number of rotatable bonds is 5. The van der Waals surface area contributed by atoms with Crippen LogP contribution in [0.3, 0.4) is 0 Å². The lowest BCUT2D eigenvalue weighted by Gasteiger charge is -2.12. The van der Waals surface area contributed by atoms with Crippen molar-refractivity contribution in [2.75, 3.05) is 12.4 Å². The first-order chi connectivity index (χ1) is 16.7. The summed E-state index contributed by atoms with van der Waals surface area (Å²) in [5, 5.41) is 13.6. The molecular weight excluding hydrogens is 442 g/mol. The summed E-state index contributed by atoms with van der Waals surface area (Å²) in [5.41, 5.74) is 4.51. The molecule has 0 aliphatic rings. The number of anilines is 1. The molecule has 5 rings (SSSR count). The molecule has 0 unspecified atom stereocenters. The smallest absolute Gasteiger partial charge is 0.259 e. The monoisotopic (exact) mass is 461 g/mol. The van der Waals surface area contributed by atoms with Crippen molar-refractivity contribution in [3.63, 3.8) is 0 Å². The second kappa shape index (κ2) is 9.18. The maximum absolute atomic E-state index is 13.2. The number of carbonyl (C=O) groups excluding carboxylic acids is 1. The number of nitrogens with one attached hydrogen (secondary N) is 1. The number of methoxy groups -OCH3 is 1. The number of carbonyl (C=O) groups is 1. The molecule has 0 aliphatic heterocycles. The minimum Gasteiger partial charge on any atom is -0.496 e. The number of hydrogen-bond acceptors (Lipinski definition) is 5. The van der Waals surface area contributed by atoms with Crippen molar-refractivity contribution in [3.05, 3.63) is 101 Å². The largest absolute Gasteiger partial charge is 0.496 e. The van der Waals surface area contributed by atoms with Crippen LogP contribution in [0.4, 0.5) is 5.69 Å². The summed E-state index contributed by atoms with van der Waals surface area (Å²) in [4.78, 5) is 19.2. The molecule has 2 aromatic heterocycles. The Morgan fingerprint density at radius 3 is 2.26 bits per heavy atom. The maximum Gasteiger partial charge on any atom is 0.259 e. The Morgan fingerprint density at radius 1 is 0.941 bits per heavy atom. The van der Waals surface area contributed by atoms with E-state index < -0.39 is 0 Å². The molecule has 1 amide bonds. The average molecular weight is 462 g/mol. The van der Waals surface area contributed by atoms with Gasteiger partial charge in [0.15, 0.2) is 0 Å². The number of amides is 1. The summed E-state index contributed by atoms with van der Waals surface area (Å²) in [5.74, 6) is 0.116. The Labute approximate surface area is 200 Å². The molecule has 164 valence electrons. The fourth-order valence-electron chi connectivity index (χ4n) is 3.91. The quantitative estimate of drug-likeness (QED) is 0.314. The minimum atomic E-state index is -0.347. The molecular formula is C28H19N3O2S. The highest BCUT2D eigenvalue weighted by Crippen LogP contribution is 2.42. The lowest BCUT2D eigenvalue weighted by atomic mass is 9.99. The highest BCUT2D eigenvalue weighted by molar-refractivity contribution is 7.20. The van der Waals surface area contributed by atoms with Crippen LogP contribution in [0.2, 0.25) is 0 Å². The van der Waals surface area contributed by atoms with Crippen LogP contribution in [0.25, 0.3) is 32.6 Å². The van der Waals surface area contributed by atoms with E-state index in [4.69, 9.17) is 9.72 Å². The summed E-state index contributed by atoms with van der Waals surface area (Å²) >= 11 is 1.27. The molecule has 0 radical (unpaired) electrons. The summed E-state index contributed by atoms with van der Waals surface area (Å²) in [6, 6.07) is 31.1. The van der Waals surface area contributed by atoms with E-state index in [0.29, 0.717) is 26.7 Å². The van der Waals surface area contributed by atoms with E-state index >= 15 is 0 Å². The van der Waals surface area contributed by atoms with Crippen LogP contribution in [0, 0.1) is 11.3 Å². The first-order valence-corrected chi connectivity index (χ1v) is 11.4. The maximum atomic E-state index is 13.2. The van der Waals surface area contributed by atoms with Gasteiger partial charge in [0.1, 0.15) is 21.5 Å². The summed E-state index contributed by atoms with van der Waals surface area (Å²) in [6.07, 6.45) is 0. The number of benzene rings is 3. The topological polar surface area (TPSA) is 75.0 Å². The minimum absolute atomic E-state index is 0.347. The first kappa shape index (κ1) is 21.4. The van der Waals surface area contributed by atoms with Gasteiger partial charge in [0, 0.05) is 10.9 Å². The molecule has 0 saturated heterocycles. The number of fused-ring (bicyclic) bond motifs is 1. The van der Waals surface area contributed by atoms with Crippen molar-refractivity contribution in [3.8, 4) is 34.2 Å². The zero-order valence-electron chi connectivity index (χ0n) is 18.3. The van der Waals surface area contributed by atoms with E-state index in [2.05, 4.69) is 11.4 Å². The molecule has 34 heavy (non-hydrogen) atoms. The van der Waals surface area contributed by atoms with Crippen molar-refractivity contribution >= 4 is 33.1 Å². The zero-order valence-corrected chi connectivity index (χ0v) is 19.1. The standard InChI is InChI=1S/C28H19N3O2S/c1-33-23-15-9-8-14-20(23)27(32)31-26-24(17-29)34-28-25(26)21(18-10-4-2-5-11-18)16-22(30-28)19-12-6-3-7-13-19/h2-16H,1H3,(H,31,32). The van der Waals surface area contributed by atoms with Crippen molar-refractivity contribution in [1.29, 1.82) is 5.26 Å². The molecule has 0 saturated carbocycles. The number of para-hydroxylation sites is 1. The summed E-state index contributed by atoms with van der Waals surface area (Å²) < 4.78 is 5.35. The van der Waals surface area contributed by atoms with E-state index in [1.807, 2.05) is 66.7 Å². The number of pyridine rings is 1. The molecule has 3 aromatic carbocycles. The van der Waals surface area contributed by atoms with Gasteiger partial charge in [0.2, 0.25) is 0 Å². The fraction of sp³-hybridized carbons (Fsp3) is 0.0357. The predicted molar refractivity (Wildman–Crippen MR) is 136 cm³/mol. The molecule has 0 aliphatic carbocycles. The highest BCUT2D eigenvalue weighted by atomic mass is 32.1. The molecule has 0 spiro atoms. The Morgan fingerprint density at radius 2 is 1.59 bits per heavy atom. The summed E-state index contributed by atoms with van der Waals surface area (Å²) in [7, 11) is 1.52. The second-order valence-corrected chi connectivity index (χ2v) is 8.54. The van der Waals surface area contributed by atoms with Crippen molar-refractivity contribution < 1.29 is 9.53 Å². The van der Waals surface area contributed by atoms with Crippen molar-refractivity contribution in [2.45, 2.75) is 0 Å². The number of aromatic nitrogens is 1. The van der Waals surface area contributed by atoms with Gasteiger partial charge in [-0.05, 0) is 29.3 Å². The molecule has 6 heteroatoms. The molecule has 5 aromatic rings. The van der Waals surface area contributed by atoms with Gasteiger partial charge in [-0.2, -0.15) is 5.26 Å². The molecule has 0 fully saturated rings.